The molecule has 1 rings (SSSR count). The molecule has 0 saturated heterocycles. The van der Waals surface area contributed by atoms with Crippen LogP contribution in [0.4, 0.5) is 0 Å². The first kappa shape index (κ1) is 14.7. The highest BCUT2D eigenvalue weighted by atomic mass is 35.5. The summed E-state index contributed by atoms with van der Waals surface area (Å²) in [6, 6.07) is 3.18. The quantitative estimate of drug-likeness (QED) is 0.835. The Bertz CT molecular complexity index is 369. The Labute approximate surface area is 100 Å². The Morgan fingerprint density at radius 2 is 2.25 bits per heavy atom. The molecule has 16 heavy (non-hydrogen) atoms. The molecule has 90 valence electrons. The summed E-state index contributed by atoms with van der Waals surface area (Å²) < 4.78 is 5.21. The SMILES string of the molecule is Cc1ccc(OCC(C)N)nc1C(=O)O.Cl. The Morgan fingerprint density at radius 3 is 2.75 bits per heavy atom. The van der Waals surface area contributed by atoms with Crippen molar-refractivity contribution in [3.8, 4) is 5.88 Å². The molecule has 6 heteroatoms. The first-order chi connectivity index (χ1) is 7.00. The lowest BCUT2D eigenvalue weighted by Gasteiger charge is -2.08. The van der Waals surface area contributed by atoms with Crippen LogP contribution in [0.3, 0.4) is 0 Å². The summed E-state index contributed by atoms with van der Waals surface area (Å²) in [5.41, 5.74) is 6.12. The number of carboxylic acids is 1. The van der Waals surface area contributed by atoms with E-state index in [9.17, 15) is 4.79 Å². The van der Waals surface area contributed by atoms with Crippen molar-refractivity contribution >= 4 is 18.4 Å². The van der Waals surface area contributed by atoms with E-state index in [0.717, 1.165) is 0 Å². The number of hydrogen-bond acceptors (Lipinski definition) is 4. The van der Waals surface area contributed by atoms with E-state index in [1.807, 2.05) is 0 Å². The Balaban J connectivity index is 0.00000225. The van der Waals surface area contributed by atoms with Gasteiger partial charge in [0.15, 0.2) is 5.69 Å². The van der Waals surface area contributed by atoms with Gasteiger partial charge in [-0.05, 0) is 19.4 Å². The number of aryl methyl sites for hydroxylation is 1. The average Bonchev–Trinajstić information content (AvgIpc) is 2.16. The van der Waals surface area contributed by atoms with E-state index < -0.39 is 5.97 Å². The van der Waals surface area contributed by atoms with Gasteiger partial charge < -0.3 is 15.6 Å². The maximum absolute atomic E-state index is 10.8. The van der Waals surface area contributed by atoms with Crippen LogP contribution in [-0.2, 0) is 0 Å². The first-order valence-corrected chi connectivity index (χ1v) is 4.60. The van der Waals surface area contributed by atoms with Crippen LogP contribution in [0.15, 0.2) is 12.1 Å². The van der Waals surface area contributed by atoms with E-state index in [1.54, 1.807) is 26.0 Å². The minimum atomic E-state index is -1.06. The third-order valence-corrected chi connectivity index (χ3v) is 1.77. The minimum absolute atomic E-state index is 0. The van der Waals surface area contributed by atoms with E-state index in [0.29, 0.717) is 12.2 Å². The molecule has 0 bridgehead atoms. The van der Waals surface area contributed by atoms with Gasteiger partial charge in [0, 0.05) is 12.1 Å². The number of carboxylic acid groups (broad SMARTS) is 1. The summed E-state index contributed by atoms with van der Waals surface area (Å²) in [6.45, 7) is 3.80. The number of rotatable bonds is 4. The zero-order valence-corrected chi connectivity index (χ0v) is 9.95. The number of ether oxygens (including phenoxy) is 1. The molecule has 0 amide bonds. The topological polar surface area (TPSA) is 85.4 Å². The van der Waals surface area contributed by atoms with Crippen LogP contribution < -0.4 is 10.5 Å². The van der Waals surface area contributed by atoms with Gasteiger partial charge in [0.2, 0.25) is 5.88 Å². The summed E-state index contributed by atoms with van der Waals surface area (Å²) in [6.07, 6.45) is 0. The normalized spacial score (nSPS) is 11.4. The van der Waals surface area contributed by atoms with Crippen molar-refractivity contribution in [3.63, 3.8) is 0 Å². The second kappa shape index (κ2) is 6.30. The Kier molecular flexibility index (Phi) is 5.77. The predicted molar refractivity (Wildman–Crippen MR) is 62.3 cm³/mol. The highest BCUT2D eigenvalue weighted by molar-refractivity contribution is 5.87. The van der Waals surface area contributed by atoms with Gasteiger partial charge in [0.05, 0.1) is 0 Å². The maximum atomic E-state index is 10.8. The van der Waals surface area contributed by atoms with Gasteiger partial charge in [-0.15, -0.1) is 12.4 Å². The molecule has 3 N–H and O–H groups in total. The molecule has 1 aromatic heterocycles. The summed E-state index contributed by atoms with van der Waals surface area (Å²) in [5.74, 6) is -0.769. The lowest BCUT2D eigenvalue weighted by atomic mass is 10.2. The molecule has 0 aromatic carbocycles. The van der Waals surface area contributed by atoms with Crippen molar-refractivity contribution in [1.82, 2.24) is 4.98 Å². The van der Waals surface area contributed by atoms with Gasteiger partial charge in [-0.25, -0.2) is 9.78 Å². The summed E-state index contributed by atoms with van der Waals surface area (Å²) >= 11 is 0. The molecule has 0 spiro atoms. The van der Waals surface area contributed by atoms with Gasteiger partial charge in [0.25, 0.3) is 0 Å². The molecule has 0 aliphatic heterocycles. The van der Waals surface area contributed by atoms with Gasteiger partial charge >= 0.3 is 5.97 Å². The third-order valence-electron chi connectivity index (χ3n) is 1.77. The van der Waals surface area contributed by atoms with Crippen LogP contribution >= 0.6 is 12.4 Å². The van der Waals surface area contributed by atoms with Gasteiger partial charge in [-0.2, -0.15) is 0 Å². The van der Waals surface area contributed by atoms with Gasteiger partial charge in [0.1, 0.15) is 6.61 Å². The minimum Gasteiger partial charge on any atom is -0.477 e. The molecule has 0 aliphatic carbocycles. The lowest BCUT2D eigenvalue weighted by molar-refractivity contribution is 0.0688. The fourth-order valence-corrected chi connectivity index (χ4v) is 1.02. The van der Waals surface area contributed by atoms with E-state index in [4.69, 9.17) is 15.6 Å². The molecule has 5 nitrogen and oxygen atoms in total. The second-order valence-electron chi connectivity index (χ2n) is 3.41. The van der Waals surface area contributed by atoms with Crippen LogP contribution in [0, 0.1) is 6.92 Å². The number of pyridine rings is 1. The van der Waals surface area contributed by atoms with Crippen molar-refractivity contribution in [2.75, 3.05) is 6.61 Å². The summed E-state index contributed by atoms with van der Waals surface area (Å²) in [7, 11) is 0. The number of aromatic nitrogens is 1. The molecule has 1 unspecified atom stereocenters. The van der Waals surface area contributed by atoms with Crippen molar-refractivity contribution < 1.29 is 14.6 Å². The zero-order chi connectivity index (χ0) is 11.4. The van der Waals surface area contributed by atoms with Crippen molar-refractivity contribution in [2.45, 2.75) is 19.9 Å². The van der Waals surface area contributed by atoms with Crippen LogP contribution in [0.1, 0.15) is 23.0 Å². The number of aromatic carboxylic acids is 1. The maximum Gasteiger partial charge on any atom is 0.354 e. The molecule has 1 heterocycles. The Morgan fingerprint density at radius 1 is 1.62 bits per heavy atom. The highest BCUT2D eigenvalue weighted by Crippen LogP contribution is 2.12. The van der Waals surface area contributed by atoms with E-state index in [2.05, 4.69) is 4.98 Å². The molecule has 1 aromatic rings. The largest absolute Gasteiger partial charge is 0.477 e. The Hall–Kier alpha value is -1.33. The first-order valence-electron chi connectivity index (χ1n) is 4.60. The standard InChI is InChI=1S/C10H14N2O3.ClH/c1-6-3-4-8(15-5-7(2)11)12-9(6)10(13)14;/h3-4,7H,5,11H2,1-2H3,(H,13,14);1H. The lowest BCUT2D eigenvalue weighted by Crippen LogP contribution is -2.24. The van der Waals surface area contributed by atoms with E-state index >= 15 is 0 Å². The summed E-state index contributed by atoms with van der Waals surface area (Å²) in [4.78, 5) is 14.6. The number of nitrogens with zero attached hydrogens (tertiary/aromatic N) is 1. The second-order valence-corrected chi connectivity index (χ2v) is 3.41. The molecule has 0 fully saturated rings. The molecule has 0 radical (unpaired) electrons. The van der Waals surface area contributed by atoms with Crippen molar-refractivity contribution in [3.05, 3.63) is 23.4 Å². The molecule has 0 aliphatic rings. The third kappa shape index (κ3) is 4.04. The van der Waals surface area contributed by atoms with E-state index in [-0.39, 0.29) is 30.0 Å². The fourth-order valence-electron chi connectivity index (χ4n) is 1.02. The summed E-state index contributed by atoms with van der Waals surface area (Å²) in [5, 5.41) is 8.82. The van der Waals surface area contributed by atoms with Crippen molar-refractivity contribution in [1.29, 1.82) is 0 Å². The van der Waals surface area contributed by atoms with Crippen LogP contribution in [-0.4, -0.2) is 28.7 Å². The van der Waals surface area contributed by atoms with Crippen molar-refractivity contribution in [2.24, 2.45) is 5.73 Å². The number of hydrogen-bond donors (Lipinski definition) is 2. The van der Waals surface area contributed by atoms with Gasteiger partial charge in [-0.3, -0.25) is 0 Å². The van der Waals surface area contributed by atoms with Crippen LogP contribution in [0.5, 0.6) is 5.88 Å². The number of nitrogens with two attached hydrogens (primary N) is 1. The average molecular weight is 247 g/mol. The molecule has 0 saturated carbocycles. The zero-order valence-electron chi connectivity index (χ0n) is 9.14. The smallest absolute Gasteiger partial charge is 0.354 e. The van der Waals surface area contributed by atoms with E-state index in [1.165, 1.54) is 0 Å². The monoisotopic (exact) mass is 246 g/mol. The molecular weight excluding hydrogens is 232 g/mol. The molecule has 1 atom stereocenters. The van der Waals surface area contributed by atoms with Gasteiger partial charge in [-0.1, -0.05) is 6.07 Å². The molecular formula is C10H15ClN2O3. The van der Waals surface area contributed by atoms with Crippen LogP contribution in [0.2, 0.25) is 0 Å². The predicted octanol–water partition coefficient (Wildman–Crippen LogP) is 1.24. The number of halogens is 1. The van der Waals surface area contributed by atoms with Crippen LogP contribution in [0.25, 0.3) is 0 Å². The number of carbonyl (C=O) groups is 1. The highest BCUT2D eigenvalue weighted by Gasteiger charge is 2.10. The fraction of sp³-hybridized carbons (Fsp3) is 0.400.